The van der Waals surface area contributed by atoms with Crippen LogP contribution in [0.25, 0.3) is 0 Å². The minimum Gasteiger partial charge on any atom is -0.339 e. The molecule has 0 aromatic carbocycles. The van der Waals surface area contributed by atoms with Gasteiger partial charge in [0.1, 0.15) is 6.07 Å². The van der Waals surface area contributed by atoms with Crippen molar-refractivity contribution in [2.75, 3.05) is 13.1 Å². The van der Waals surface area contributed by atoms with E-state index in [1.807, 2.05) is 19.9 Å². The highest BCUT2D eigenvalue weighted by Gasteiger charge is 2.16. The fourth-order valence-corrected chi connectivity index (χ4v) is 1.34. The van der Waals surface area contributed by atoms with Crippen LogP contribution < -0.4 is 0 Å². The van der Waals surface area contributed by atoms with Crippen molar-refractivity contribution in [1.29, 1.82) is 5.26 Å². The third-order valence-corrected chi connectivity index (χ3v) is 2.22. The topological polar surface area (TPSA) is 57.0 Å². The summed E-state index contributed by atoms with van der Waals surface area (Å²) in [6.45, 7) is 5.08. The van der Waals surface area contributed by atoms with E-state index in [4.69, 9.17) is 5.26 Å². The molecule has 78 valence electrons. The molecule has 4 nitrogen and oxygen atoms in total. The van der Waals surface area contributed by atoms with E-state index in [-0.39, 0.29) is 5.91 Å². The number of pyridine rings is 1. The number of aromatic nitrogens is 1. The molecule has 0 unspecified atom stereocenters. The summed E-state index contributed by atoms with van der Waals surface area (Å²) in [5, 5.41) is 8.85. The van der Waals surface area contributed by atoms with Gasteiger partial charge in [0.25, 0.3) is 5.91 Å². The van der Waals surface area contributed by atoms with Gasteiger partial charge in [-0.05, 0) is 19.9 Å². The van der Waals surface area contributed by atoms with Crippen LogP contribution >= 0.6 is 0 Å². The number of rotatable bonds is 3. The van der Waals surface area contributed by atoms with Crippen LogP contribution in [0.5, 0.6) is 0 Å². The molecule has 15 heavy (non-hydrogen) atoms. The molecular weight excluding hydrogens is 190 g/mol. The summed E-state index contributed by atoms with van der Waals surface area (Å²) in [6.07, 6.45) is 2.96. The van der Waals surface area contributed by atoms with E-state index in [0.717, 1.165) is 0 Å². The van der Waals surface area contributed by atoms with Gasteiger partial charge in [0.05, 0.1) is 11.1 Å². The van der Waals surface area contributed by atoms with Crippen molar-refractivity contribution in [3.63, 3.8) is 0 Å². The monoisotopic (exact) mass is 203 g/mol. The predicted octanol–water partition coefficient (Wildman–Crippen LogP) is 1.44. The summed E-state index contributed by atoms with van der Waals surface area (Å²) in [5.41, 5.74) is 0.755. The Morgan fingerprint density at radius 3 is 2.73 bits per heavy atom. The summed E-state index contributed by atoms with van der Waals surface area (Å²) in [4.78, 5) is 17.5. The molecule has 0 radical (unpaired) electrons. The van der Waals surface area contributed by atoms with E-state index in [1.165, 1.54) is 12.4 Å². The molecule has 0 aliphatic rings. The molecule has 0 fully saturated rings. The Hall–Kier alpha value is -1.89. The number of carbonyl (C=O) groups is 1. The molecule has 0 atom stereocenters. The summed E-state index contributed by atoms with van der Waals surface area (Å²) in [5.74, 6) is -0.135. The second-order valence-electron chi connectivity index (χ2n) is 3.01. The Balaban J connectivity index is 3.06. The summed E-state index contributed by atoms with van der Waals surface area (Å²) in [6, 6.07) is 3.54. The molecule has 0 saturated carbocycles. The van der Waals surface area contributed by atoms with Crippen molar-refractivity contribution in [2.24, 2.45) is 0 Å². The highest BCUT2D eigenvalue weighted by atomic mass is 16.2. The Kier molecular flexibility index (Phi) is 3.81. The number of hydrogen-bond acceptors (Lipinski definition) is 3. The normalized spacial score (nSPS) is 9.40. The second-order valence-corrected chi connectivity index (χ2v) is 3.01. The first-order chi connectivity index (χ1) is 7.24. The van der Waals surface area contributed by atoms with Gasteiger partial charge in [-0.15, -0.1) is 0 Å². The molecule has 0 spiro atoms. The Labute approximate surface area is 89.2 Å². The lowest BCUT2D eigenvalue weighted by Crippen LogP contribution is -2.31. The third-order valence-electron chi connectivity index (χ3n) is 2.22. The van der Waals surface area contributed by atoms with Gasteiger partial charge >= 0.3 is 0 Å². The molecule has 4 heteroatoms. The summed E-state index contributed by atoms with van der Waals surface area (Å²) in [7, 11) is 0. The number of carbonyl (C=O) groups excluding carboxylic acids is 1. The molecule has 1 amide bonds. The Morgan fingerprint density at radius 1 is 1.53 bits per heavy atom. The first kappa shape index (κ1) is 11.2. The summed E-state index contributed by atoms with van der Waals surface area (Å²) >= 11 is 0. The van der Waals surface area contributed by atoms with E-state index >= 15 is 0 Å². The first-order valence-corrected chi connectivity index (χ1v) is 4.88. The van der Waals surface area contributed by atoms with E-state index < -0.39 is 0 Å². The molecule has 0 aliphatic carbocycles. The van der Waals surface area contributed by atoms with Crippen LogP contribution in [0.1, 0.15) is 29.8 Å². The zero-order valence-electron chi connectivity index (χ0n) is 8.90. The average molecular weight is 203 g/mol. The van der Waals surface area contributed by atoms with Gasteiger partial charge in [0.15, 0.2) is 0 Å². The largest absolute Gasteiger partial charge is 0.339 e. The standard InChI is InChI=1S/C11H13N3O/c1-3-14(4-2)11(15)10-8-13-6-5-9(10)7-12/h5-6,8H,3-4H2,1-2H3. The lowest BCUT2D eigenvalue weighted by molar-refractivity contribution is 0.0772. The minimum atomic E-state index is -0.135. The highest BCUT2D eigenvalue weighted by molar-refractivity contribution is 5.96. The van der Waals surface area contributed by atoms with Crippen LogP contribution in [-0.2, 0) is 0 Å². The molecule has 0 saturated heterocycles. The Bertz CT molecular complexity index is 391. The SMILES string of the molecule is CCN(CC)C(=O)c1cnccc1C#N. The van der Waals surface area contributed by atoms with Crippen molar-refractivity contribution in [3.8, 4) is 6.07 Å². The van der Waals surface area contributed by atoms with Gasteiger partial charge in [-0.3, -0.25) is 9.78 Å². The lowest BCUT2D eigenvalue weighted by atomic mass is 10.1. The van der Waals surface area contributed by atoms with Crippen LogP contribution in [-0.4, -0.2) is 28.9 Å². The van der Waals surface area contributed by atoms with Gasteiger partial charge in [-0.25, -0.2) is 0 Å². The molecule has 1 aromatic heterocycles. The average Bonchev–Trinajstić information content (AvgIpc) is 2.30. The second kappa shape index (κ2) is 5.11. The summed E-state index contributed by atoms with van der Waals surface area (Å²) < 4.78 is 0. The number of nitriles is 1. The van der Waals surface area contributed by atoms with Gasteiger partial charge in [-0.1, -0.05) is 0 Å². The third kappa shape index (κ3) is 2.32. The van der Waals surface area contributed by atoms with Crippen molar-refractivity contribution in [1.82, 2.24) is 9.88 Å². The number of hydrogen-bond donors (Lipinski definition) is 0. The molecule has 1 heterocycles. The zero-order valence-corrected chi connectivity index (χ0v) is 8.90. The minimum absolute atomic E-state index is 0.135. The van der Waals surface area contributed by atoms with Crippen molar-refractivity contribution < 1.29 is 4.79 Å². The van der Waals surface area contributed by atoms with Gasteiger partial charge in [-0.2, -0.15) is 5.26 Å². The van der Waals surface area contributed by atoms with Crippen LogP contribution in [0.4, 0.5) is 0 Å². The first-order valence-electron chi connectivity index (χ1n) is 4.88. The maximum absolute atomic E-state index is 11.9. The van der Waals surface area contributed by atoms with Crippen molar-refractivity contribution in [3.05, 3.63) is 29.6 Å². The van der Waals surface area contributed by atoms with Gasteiger partial charge in [0.2, 0.25) is 0 Å². The number of amides is 1. The lowest BCUT2D eigenvalue weighted by Gasteiger charge is -2.18. The predicted molar refractivity (Wildman–Crippen MR) is 56.2 cm³/mol. The molecular formula is C11H13N3O. The maximum atomic E-state index is 11.9. The van der Waals surface area contributed by atoms with Crippen LogP contribution in [0.2, 0.25) is 0 Å². The highest BCUT2D eigenvalue weighted by Crippen LogP contribution is 2.08. The molecule has 0 N–H and O–H groups in total. The van der Waals surface area contributed by atoms with Crippen LogP contribution in [0, 0.1) is 11.3 Å². The molecule has 0 bridgehead atoms. The van der Waals surface area contributed by atoms with Crippen molar-refractivity contribution >= 4 is 5.91 Å². The number of nitrogens with zero attached hydrogens (tertiary/aromatic N) is 3. The van der Waals surface area contributed by atoms with Crippen molar-refractivity contribution in [2.45, 2.75) is 13.8 Å². The molecule has 0 aliphatic heterocycles. The Morgan fingerprint density at radius 2 is 2.20 bits per heavy atom. The van der Waals surface area contributed by atoms with Crippen LogP contribution in [0.3, 0.4) is 0 Å². The quantitative estimate of drug-likeness (QED) is 0.746. The van der Waals surface area contributed by atoms with Crippen LogP contribution in [0.15, 0.2) is 18.5 Å². The van der Waals surface area contributed by atoms with E-state index in [1.54, 1.807) is 11.0 Å². The molecule has 1 rings (SSSR count). The fraction of sp³-hybridized carbons (Fsp3) is 0.364. The smallest absolute Gasteiger partial charge is 0.256 e. The van der Waals surface area contributed by atoms with E-state index in [0.29, 0.717) is 24.2 Å². The molecule has 1 aromatic rings. The maximum Gasteiger partial charge on any atom is 0.256 e. The van der Waals surface area contributed by atoms with Gasteiger partial charge in [0, 0.05) is 25.5 Å². The van der Waals surface area contributed by atoms with E-state index in [2.05, 4.69) is 4.98 Å². The zero-order chi connectivity index (χ0) is 11.3. The van der Waals surface area contributed by atoms with E-state index in [9.17, 15) is 4.79 Å². The fourth-order valence-electron chi connectivity index (χ4n) is 1.34. The van der Waals surface area contributed by atoms with Gasteiger partial charge < -0.3 is 4.90 Å².